The van der Waals surface area contributed by atoms with Gasteiger partial charge in [0.1, 0.15) is 6.04 Å². The normalized spacial score (nSPS) is 11.8. The summed E-state index contributed by atoms with van der Waals surface area (Å²) in [5.41, 5.74) is 1.62. The summed E-state index contributed by atoms with van der Waals surface area (Å²) in [5.74, 6) is -0.367. The number of amides is 2. The molecule has 4 nitrogen and oxygen atoms in total. The van der Waals surface area contributed by atoms with E-state index in [2.05, 4.69) is 21.2 Å². The van der Waals surface area contributed by atoms with Crippen LogP contribution in [0.5, 0.6) is 0 Å². The molecule has 116 valence electrons. The first-order valence-electron chi connectivity index (χ1n) is 6.80. The summed E-state index contributed by atoms with van der Waals surface area (Å²) in [6.45, 7) is 2.24. The predicted octanol–water partition coefficient (Wildman–Crippen LogP) is 3.29. The highest BCUT2D eigenvalue weighted by Crippen LogP contribution is 2.11. The third-order valence-electron chi connectivity index (χ3n) is 3.20. The lowest BCUT2D eigenvalue weighted by molar-refractivity contribution is -0.132. The van der Waals surface area contributed by atoms with Crippen molar-refractivity contribution in [1.82, 2.24) is 10.2 Å². The quantitative estimate of drug-likeness (QED) is 0.864. The van der Waals surface area contributed by atoms with Gasteiger partial charge in [-0.15, -0.1) is 0 Å². The lowest BCUT2D eigenvalue weighted by Gasteiger charge is -2.21. The summed E-state index contributed by atoms with van der Waals surface area (Å²) in [6.07, 6.45) is 0. The Labute approximate surface area is 142 Å². The molecule has 0 bridgehead atoms. The first-order valence-corrected chi connectivity index (χ1v) is 8.53. The van der Waals surface area contributed by atoms with Gasteiger partial charge in [0.05, 0.1) is 0 Å². The van der Waals surface area contributed by atoms with Crippen LogP contribution in [0.15, 0.2) is 45.6 Å². The number of likely N-dealkylation sites (N-methyl/N-ethyl adjacent to an activating group) is 1. The Kier molecular flexibility index (Phi) is 5.74. The molecule has 1 atom stereocenters. The fourth-order valence-corrected chi connectivity index (χ4v) is 2.93. The third kappa shape index (κ3) is 4.42. The molecular weight excluding hydrogens is 364 g/mol. The molecule has 1 N–H and O–H groups in total. The lowest BCUT2D eigenvalue weighted by Crippen LogP contribution is -2.45. The number of hydrogen-bond donors (Lipinski definition) is 1. The Bertz CT molecular complexity index is 641. The first-order chi connectivity index (χ1) is 10.5. The second-order valence-electron chi connectivity index (χ2n) is 5.03. The van der Waals surface area contributed by atoms with E-state index in [1.54, 1.807) is 54.5 Å². The van der Waals surface area contributed by atoms with Gasteiger partial charge in [0.2, 0.25) is 5.91 Å². The van der Waals surface area contributed by atoms with Crippen LogP contribution in [-0.4, -0.2) is 29.8 Å². The Hall–Kier alpha value is -1.66. The molecule has 0 aliphatic heterocycles. The number of halogens is 1. The molecule has 0 aliphatic carbocycles. The molecule has 2 rings (SSSR count). The highest BCUT2D eigenvalue weighted by molar-refractivity contribution is 9.10. The molecule has 2 aromatic rings. The standard InChI is InChI=1S/C16H17BrN2O2S/c1-11(16(21)19(2)9-12-7-8-22-10-12)18-15(20)13-3-5-14(17)6-4-13/h3-8,10-11H,9H2,1-2H3,(H,18,20). The van der Waals surface area contributed by atoms with Crippen LogP contribution in [0.3, 0.4) is 0 Å². The molecule has 2 amide bonds. The Balaban J connectivity index is 1.92. The smallest absolute Gasteiger partial charge is 0.251 e. The maximum absolute atomic E-state index is 12.3. The van der Waals surface area contributed by atoms with E-state index in [0.717, 1.165) is 10.0 Å². The minimum Gasteiger partial charge on any atom is -0.341 e. The minimum atomic E-state index is -0.570. The molecular formula is C16H17BrN2O2S. The van der Waals surface area contributed by atoms with Crippen molar-refractivity contribution in [3.8, 4) is 0 Å². The summed E-state index contributed by atoms with van der Waals surface area (Å²) in [6, 6.07) is 8.44. The van der Waals surface area contributed by atoms with Crippen LogP contribution >= 0.6 is 27.3 Å². The van der Waals surface area contributed by atoms with E-state index in [0.29, 0.717) is 12.1 Å². The molecule has 1 heterocycles. The van der Waals surface area contributed by atoms with Crippen LogP contribution < -0.4 is 5.32 Å². The molecule has 0 saturated heterocycles. The van der Waals surface area contributed by atoms with Gasteiger partial charge in [0.15, 0.2) is 0 Å². The van der Waals surface area contributed by atoms with Gasteiger partial charge in [-0.1, -0.05) is 15.9 Å². The number of rotatable bonds is 5. The van der Waals surface area contributed by atoms with Gasteiger partial charge in [-0.3, -0.25) is 9.59 Å². The van der Waals surface area contributed by atoms with E-state index in [4.69, 9.17) is 0 Å². The molecule has 1 unspecified atom stereocenters. The molecule has 0 aliphatic rings. The first kappa shape index (κ1) is 16.7. The SMILES string of the molecule is CC(NC(=O)c1ccc(Br)cc1)C(=O)N(C)Cc1ccsc1. The Morgan fingerprint density at radius 2 is 1.95 bits per heavy atom. The van der Waals surface area contributed by atoms with E-state index < -0.39 is 6.04 Å². The van der Waals surface area contributed by atoms with Crippen molar-refractivity contribution in [2.45, 2.75) is 19.5 Å². The lowest BCUT2D eigenvalue weighted by atomic mass is 10.2. The van der Waals surface area contributed by atoms with Gasteiger partial charge in [-0.25, -0.2) is 0 Å². The van der Waals surface area contributed by atoms with E-state index >= 15 is 0 Å². The van der Waals surface area contributed by atoms with Crippen LogP contribution in [0.4, 0.5) is 0 Å². The average molecular weight is 381 g/mol. The number of hydrogen-bond acceptors (Lipinski definition) is 3. The van der Waals surface area contributed by atoms with Crippen molar-refractivity contribution >= 4 is 39.1 Å². The zero-order chi connectivity index (χ0) is 16.1. The molecule has 0 saturated carbocycles. The highest BCUT2D eigenvalue weighted by atomic mass is 79.9. The molecule has 6 heteroatoms. The molecule has 0 spiro atoms. The average Bonchev–Trinajstić information content (AvgIpc) is 2.99. The number of thiophene rings is 1. The molecule has 1 aromatic heterocycles. The number of nitrogens with one attached hydrogen (secondary N) is 1. The van der Waals surface area contributed by atoms with Crippen LogP contribution in [0.1, 0.15) is 22.8 Å². The molecule has 0 fully saturated rings. The van der Waals surface area contributed by atoms with Crippen LogP contribution in [0.2, 0.25) is 0 Å². The Morgan fingerprint density at radius 3 is 2.55 bits per heavy atom. The fourth-order valence-electron chi connectivity index (χ4n) is 2.01. The topological polar surface area (TPSA) is 49.4 Å². The summed E-state index contributed by atoms with van der Waals surface area (Å²) in [4.78, 5) is 26.0. The molecule has 1 aromatic carbocycles. The van der Waals surface area contributed by atoms with Gasteiger partial charge in [0.25, 0.3) is 5.91 Å². The van der Waals surface area contributed by atoms with Crippen molar-refractivity contribution < 1.29 is 9.59 Å². The van der Waals surface area contributed by atoms with E-state index in [-0.39, 0.29) is 11.8 Å². The molecule has 22 heavy (non-hydrogen) atoms. The number of benzene rings is 1. The summed E-state index contributed by atoms with van der Waals surface area (Å²) >= 11 is 4.92. The zero-order valence-electron chi connectivity index (χ0n) is 12.4. The largest absolute Gasteiger partial charge is 0.341 e. The number of carbonyl (C=O) groups excluding carboxylic acids is 2. The monoisotopic (exact) mass is 380 g/mol. The summed E-state index contributed by atoms with van der Waals surface area (Å²) in [5, 5.41) is 6.72. The molecule has 0 radical (unpaired) electrons. The van der Waals surface area contributed by atoms with E-state index in [1.807, 2.05) is 16.8 Å². The highest BCUT2D eigenvalue weighted by Gasteiger charge is 2.20. The third-order valence-corrected chi connectivity index (χ3v) is 4.46. The van der Waals surface area contributed by atoms with E-state index in [9.17, 15) is 9.59 Å². The van der Waals surface area contributed by atoms with Gasteiger partial charge in [-0.05, 0) is 53.6 Å². The van der Waals surface area contributed by atoms with Crippen molar-refractivity contribution in [2.75, 3.05) is 7.05 Å². The van der Waals surface area contributed by atoms with Crippen LogP contribution in [0.25, 0.3) is 0 Å². The summed E-state index contributed by atoms with van der Waals surface area (Å²) < 4.78 is 0.906. The maximum Gasteiger partial charge on any atom is 0.251 e. The van der Waals surface area contributed by atoms with Crippen LogP contribution in [-0.2, 0) is 11.3 Å². The van der Waals surface area contributed by atoms with Crippen molar-refractivity contribution in [3.05, 3.63) is 56.7 Å². The van der Waals surface area contributed by atoms with Gasteiger partial charge < -0.3 is 10.2 Å². The summed E-state index contributed by atoms with van der Waals surface area (Å²) in [7, 11) is 1.74. The second kappa shape index (κ2) is 7.56. The van der Waals surface area contributed by atoms with Crippen molar-refractivity contribution in [3.63, 3.8) is 0 Å². The van der Waals surface area contributed by atoms with Gasteiger partial charge >= 0.3 is 0 Å². The fraction of sp³-hybridized carbons (Fsp3) is 0.250. The zero-order valence-corrected chi connectivity index (χ0v) is 14.8. The predicted molar refractivity (Wildman–Crippen MR) is 91.9 cm³/mol. The second-order valence-corrected chi connectivity index (χ2v) is 6.72. The van der Waals surface area contributed by atoms with Crippen LogP contribution in [0, 0.1) is 0 Å². The number of carbonyl (C=O) groups is 2. The van der Waals surface area contributed by atoms with Gasteiger partial charge in [0, 0.05) is 23.6 Å². The van der Waals surface area contributed by atoms with E-state index in [1.165, 1.54) is 0 Å². The van der Waals surface area contributed by atoms with Crippen molar-refractivity contribution in [1.29, 1.82) is 0 Å². The van der Waals surface area contributed by atoms with Gasteiger partial charge in [-0.2, -0.15) is 11.3 Å². The Morgan fingerprint density at radius 1 is 1.27 bits per heavy atom. The maximum atomic E-state index is 12.3. The minimum absolute atomic E-state index is 0.114. The number of nitrogens with zero attached hydrogens (tertiary/aromatic N) is 1. The van der Waals surface area contributed by atoms with Crippen molar-refractivity contribution in [2.24, 2.45) is 0 Å².